The summed E-state index contributed by atoms with van der Waals surface area (Å²) in [5, 5.41) is 7.18. The quantitative estimate of drug-likeness (QED) is 0.778. The molecule has 0 aliphatic carbocycles. The number of nitrogens with one attached hydrogen (secondary N) is 2. The number of hydrogen-bond acceptors (Lipinski definition) is 3. The molecule has 2 aromatic rings. The van der Waals surface area contributed by atoms with Crippen molar-refractivity contribution in [2.24, 2.45) is 0 Å². The largest absolute Gasteiger partial charge is 0.382 e. The first-order valence-electron chi connectivity index (χ1n) is 9.30. The third-order valence-electron chi connectivity index (χ3n) is 5.17. The van der Waals surface area contributed by atoms with Crippen LogP contribution in [0.4, 0.5) is 11.4 Å². The lowest BCUT2D eigenvalue weighted by Crippen LogP contribution is -2.25. The Kier molecular flexibility index (Phi) is 5.64. The molecule has 0 unspecified atom stereocenters. The smallest absolute Gasteiger partial charge is 0.0753 e. The lowest BCUT2D eigenvalue weighted by atomic mass is 10.1. The Balaban J connectivity index is 1.49. The van der Waals surface area contributed by atoms with Gasteiger partial charge in [0, 0.05) is 24.5 Å². The van der Waals surface area contributed by atoms with Crippen LogP contribution >= 0.6 is 0 Å². The number of benzene rings is 2. The van der Waals surface area contributed by atoms with Gasteiger partial charge in [-0.15, -0.1) is 0 Å². The fourth-order valence-electron chi connectivity index (χ4n) is 3.70. The lowest BCUT2D eigenvalue weighted by Gasteiger charge is -2.19. The monoisotopic (exact) mass is 338 g/mol. The zero-order chi connectivity index (χ0) is 17.8. The number of hydrogen-bond donors (Lipinski definition) is 2. The van der Waals surface area contributed by atoms with Crippen LogP contribution in [0.3, 0.4) is 0 Å². The molecule has 2 aromatic carbocycles. The predicted octanol–water partition coefficient (Wildman–Crippen LogP) is 4.99. The summed E-state index contributed by atoms with van der Waals surface area (Å²) in [4.78, 5) is 0. The summed E-state index contributed by atoms with van der Waals surface area (Å²) in [6.07, 6.45) is 2.83. The van der Waals surface area contributed by atoms with Gasteiger partial charge in [-0.2, -0.15) is 0 Å². The molecular weight excluding hydrogens is 308 g/mol. The maximum atomic E-state index is 6.24. The summed E-state index contributed by atoms with van der Waals surface area (Å²) in [6.45, 7) is 10.4. The predicted molar refractivity (Wildman–Crippen MR) is 107 cm³/mol. The Bertz CT molecular complexity index is 624. The third-order valence-corrected chi connectivity index (χ3v) is 5.17. The standard InChI is InChI=1S/C22H30N2O/c1-15-7-5-8-16(2)21(15)23-13-19-11-12-20(25-19)14-24-22-17(3)9-6-10-18(22)4/h5-10,19-20,23-24H,11-14H2,1-4H3/t19-,20+. The van der Waals surface area contributed by atoms with E-state index in [2.05, 4.69) is 74.7 Å². The molecule has 0 bridgehead atoms. The number of rotatable bonds is 6. The highest BCUT2D eigenvalue weighted by Gasteiger charge is 2.25. The number of anilines is 2. The van der Waals surface area contributed by atoms with Crippen LogP contribution in [0, 0.1) is 27.7 Å². The van der Waals surface area contributed by atoms with Crippen molar-refractivity contribution in [1.82, 2.24) is 0 Å². The van der Waals surface area contributed by atoms with Gasteiger partial charge in [-0.1, -0.05) is 36.4 Å². The first kappa shape index (κ1) is 17.8. The molecule has 2 atom stereocenters. The molecule has 3 rings (SSSR count). The molecular formula is C22H30N2O. The van der Waals surface area contributed by atoms with Crippen molar-refractivity contribution in [2.45, 2.75) is 52.7 Å². The third kappa shape index (κ3) is 4.35. The van der Waals surface area contributed by atoms with Crippen molar-refractivity contribution in [3.63, 3.8) is 0 Å². The highest BCUT2D eigenvalue weighted by molar-refractivity contribution is 5.57. The van der Waals surface area contributed by atoms with E-state index in [-0.39, 0.29) is 0 Å². The van der Waals surface area contributed by atoms with Gasteiger partial charge in [0.05, 0.1) is 12.2 Å². The van der Waals surface area contributed by atoms with Gasteiger partial charge in [0.25, 0.3) is 0 Å². The molecule has 1 aliphatic rings. The average Bonchev–Trinajstić information content (AvgIpc) is 3.02. The van der Waals surface area contributed by atoms with Crippen LogP contribution in [0.5, 0.6) is 0 Å². The van der Waals surface area contributed by atoms with Gasteiger partial charge in [0.1, 0.15) is 0 Å². The zero-order valence-electron chi connectivity index (χ0n) is 15.9. The molecule has 134 valence electrons. The van der Waals surface area contributed by atoms with Gasteiger partial charge in [-0.25, -0.2) is 0 Å². The van der Waals surface area contributed by atoms with E-state index >= 15 is 0 Å². The van der Waals surface area contributed by atoms with Crippen molar-refractivity contribution in [1.29, 1.82) is 0 Å². The summed E-state index contributed by atoms with van der Waals surface area (Å²) < 4.78 is 6.24. The highest BCUT2D eigenvalue weighted by atomic mass is 16.5. The van der Waals surface area contributed by atoms with Crippen LogP contribution in [-0.4, -0.2) is 25.3 Å². The van der Waals surface area contributed by atoms with Crippen LogP contribution < -0.4 is 10.6 Å². The first-order valence-corrected chi connectivity index (χ1v) is 9.30. The summed E-state index contributed by atoms with van der Waals surface area (Å²) >= 11 is 0. The van der Waals surface area contributed by atoms with E-state index in [1.165, 1.54) is 33.6 Å². The summed E-state index contributed by atoms with van der Waals surface area (Å²) in [7, 11) is 0. The van der Waals surface area contributed by atoms with Gasteiger partial charge in [-0.05, 0) is 62.8 Å². The van der Waals surface area contributed by atoms with Crippen molar-refractivity contribution < 1.29 is 4.74 Å². The molecule has 1 fully saturated rings. The minimum absolute atomic E-state index is 0.295. The molecule has 1 aliphatic heterocycles. The van der Waals surface area contributed by atoms with Crippen LogP contribution in [0.25, 0.3) is 0 Å². The van der Waals surface area contributed by atoms with Crippen LogP contribution in [0.15, 0.2) is 36.4 Å². The van der Waals surface area contributed by atoms with Gasteiger partial charge in [0.2, 0.25) is 0 Å². The van der Waals surface area contributed by atoms with E-state index in [1.54, 1.807) is 0 Å². The molecule has 1 heterocycles. The topological polar surface area (TPSA) is 33.3 Å². The molecule has 3 heteroatoms. The number of aryl methyl sites for hydroxylation is 4. The van der Waals surface area contributed by atoms with Gasteiger partial charge in [0.15, 0.2) is 0 Å². The maximum absolute atomic E-state index is 6.24. The Morgan fingerprint density at radius 2 is 1.08 bits per heavy atom. The van der Waals surface area contributed by atoms with E-state index < -0.39 is 0 Å². The molecule has 0 amide bonds. The summed E-state index contributed by atoms with van der Waals surface area (Å²) in [6, 6.07) is 12.8. The molecule has 0 radical (unpaired) electrons. The zero-order valence-corrected chi connectivity index (χ0v) is 15.9. The van der Waals surface area contributed by atoms with Crippen molar-refractivity contribution in [3.05, 3.63) is 58.7 Å². The number of para-hydroxylation sites is 2. The molecule has 3 nitrogen and oxygen atoms in total. The second-order valence-electron chi connectivity index (χ2n) is 7.25. The Hall–Kier alpha value is -2.00. The molecule has 0 spiro atoms. The Morgan fingerprint density at radius 1 is 0.720 bits per heavy atom. The van der Waals surface area contributed by atoms with E-state index in [0.717, 1.165) is 25.9 Å². The molecule has 2 N–H and O–H groups in total. The Morgan fingerprint density at radius 3 is 1.44 bits per heavy atom. The van der Waals surface area contributed by atoms with Gasteiger partial charge >= 0.3 is 0 Å². The van der Waals surface area contributed by atoms with E-state index in [0.29, 0.717) is 12.2 Å². The molecule has 0 saturated carbocycles. The maximum Gasteiger partial charge on any atom is 0.0753 e. The summed E-state index contributed by atoms with van der Waals surface area (Å²) in [5.41, 5.74) is 7.70. The van der Waals surface area contributed by atoms with Gasteiger partial charge in [-0.3, -0.25) is 0 Å². The highest BCUT2D eigenvalue weighted by Crippen LogP contribution is 2.25. The fraction of sp³-hybridized carbons (Fsp3) is 0.455. The van der Waals surface area contributed by atoms with Crippen LogP contribution in [0.2, 0.25) is 0 Å². The van der Waals surface area contributed by atoms with Crippen molar-refractivity contribution >= 4 is 11.4 Å². The Labute approximate surface area is 151 Å². The van der Waals surface area contributed by atoms with Crippen LogP contribution in [0.1, 0.15) is 35.1 Å². The molecule has 1 saturated heterocycles. The lowest BCUT2D eigenvalue weighted by molar-refractivity contribution is 0.0602. The number of ether oxygens (including phenoxy) is 1. The minimum atomic E-state index is 0.295. The molecule has 25 heavy (non-hydrogen) atoms. The second kappa shape index (κ2) is 7.92. The molecule has 0 aromatic heterocycles. The van der Waals surface area contributed by atoms with Crippen molar-refractivity contribution in [3.8, 4) is 0 Å². The normalized spacial score (nSPS) is 19.8. The van der Waals surface area contributed by atoms with Gasteiger partial charge < -0.3 is 15.4 Å². The SMILES string of the molecule is Cc1cccc(C)c1NC[C@H]1CC[C@@H](CNc2c(C)cccc2C)O1. The second-order valence-corrected chi connectivity index (χ2v) is 7.25. The average molecular weight is 338 g/mol. The van der Waals surface area contributed by atoms with E-state index in [1.807, 2.05) is 0 Å². The van der Waals surface area contributed by atoms with Crippen molar-refractivity contribution in [2.75, 3.05) is 23.7 Å². The van der Waals surface area contributed by atoms with E-state index in [9.17, 15) is 0 Å². The van der Waals surface area contributed by atoms with Crippen LogP contribution in [-0.2, 0) is 4.74 Å². The first-order chi connectivity index (χ1) is 12.0. The fourth-order valence-corrected chi connectivity index (χ4v) is 3.70. The van der Waals surface area contributed by atoms with E-state index in [4.69, 9.17) is 4.74 Å². The minimum Gasteiger partial charge on any atom is -0.382 e. The summed E-state index contributed by atoms with van der Waals surface area (Å²) in [5.74, 6) is 0.